The number of benzene rings is 2. The summed E-state index contributed by atoms with van der Waals surface area (Å²) in [6, 6.07) is 10.2. The third-order valence-corrected chi connectivity index (χ3v) is 6.17. The van der Waals surface area contributed by atoms with Gasteiger partial charge < -0.3 is 15.3 Å². The Morgan fingerprint density at radius 2 is 1.68 bits per heavy atom. The lowest BCUT2D eigenvalue weighted by molar-refractivity contribution is 0.0328. The first-order valence-electron chi connectivity index (χ1n) is 9.67. The number of aliphatic hydroxyl groups is 2. The number of halogens is 2. The van der Waals surface area contributed by atoms with Crippen LogP contribution in [0.1, 0.15) is 30.1 Å². The Balaban J connectivity index is 1.33. The van der Waals surface area contributed by atoms with Crippen molar-refractivity contribution in [2.75, 3.05) is 19.6 Å². The number of hydrogen-bond acceptors (Lipinski definition) is 4. The Kier molecular flexibility index (Phi) is 5.12. The van der Waals surface area contributed by atoms with Gasteiger partial charge in [-0.25, -0.2) is 8.78 Å². The van der Waals surface area contributed by atoms with Crippen LogP contribution in [0.25, 0.3) is 0 Å². The predicted octanol–water partition coefficient (Wildman–Crippen LogP) is 3.02. The molecule has 0 unspecified atom stereocenters. The van der Waals surface area contributed by atoms with Gasteiger partial charge in [0.05, 0.1) is 11.7 Å². The van der Waals surface area contributed by atoms with E-state index in [2.05, 4.69) is 4.90 Å². The molecule has 1 saturated heterocycles. The van der Waals surface area contributed by atoms with Crippen molar-refractivity contribution < 1.29 is 24.1 Å². The molecule has 150 valence electrons. The van der Waals surface area contributed by atoms with Gasteiger partial charge in [-0.1, -0.05) is 18.2 Å². The van der Waals surface area contributed by atoms with E-state index in [1.807, 2.05) is 0 Å². The standard InChI is InChI=1S/C22H25F2NO3/c23-18-4-1-14(2-5-18)8-22(28)9-16-11-25(12-17(16)10-22)13-21(27)15-3-6-20(26)19(24)7-15/h1-7,16-17,21,26-28H,8-13H2/t16-,17-,21-/m0/s1. The van der Waals surface area contributed by atoms with Crippen LogP contribution in [0.3, 0.4) is 0 Å². The van der Waals surface area contributed by atoms with E-state index in [0.29, 0.717) is 43.2 Å². The Labute approximate surface area is 163 Å². The highest BCUT2D eigenvalue weighted by molar-refractivity contribution is 5.29. The van der Waals surface area contributed by atoms with Crippen LogP contribution in [0.15, 0.2) is 42.5 Å². The Bertz CT molecular complexity index is 828. The van der Waals surface area contributed by atoms with Gasteiger partial charge >= 0.3 is 0 Å². The second-order valence-corrected chi connectivity index (χ2v) is 8.40. The average molecular weight is 389 g/mol. The molecule has 1 aliphatic heterocycles. The summed E-state index contributed by atoms with van der Waals surface area (Å²) >= 11 is 0. The van der Waals surface area contributed by atoms with Crippen molar-refractivity contribution in [3.8, 4) is 5.75 Å². The molecule has 3 N–H and O–H groups in total. The van der Waals surface area contributed by atoms with E-state index in [1.54, 1.807) is 12.1 Å². The van der Waals surface area contributed by atoms with Gasteiger partial charge in [0.2, 0.25) is 0 Å². The van der Waals surface area contributed by atoms with Crippen LogP contribution < -0.4 is 0 Å². The number of aromatic hydroxyl groups is 1. The molecular formula is C22H25F2NO3. The molecule has 3 atom stereocenters. The molecule has 2 aliphatic rings. The number of phenolic OH excluding ortho intramolecular Hbond substituents is 1. The van der Waals surface area contributed by atoms with E-state index in [4.69, 9.17) is 0 Å². The number of rotatable bonds is 5. The maximum absolute atomic E-state index is 13.5. The highest BCUT2D eigenvalue weighted by Crippen LogP contribution is 2.45. The molecule has 2 aromatic rings. The Morgan fingerprint density at radius 3 is 2.29 bits per heavy atom. The molecule has 0 aromatic heterocycles. The van der Waals surface area contributed by atoms with Crippen LogP contribution in [0.2, 0.25) is 0 Å². The maximum Gasteiger partial charge on any atom is 0.165 e. The van der Waals surface area contributed by atoms with Crippen LogP contribution in [-0.2, 0) is 6.42 Å². The molecular weight excluding hydrogens is 364 g/mol. The smallest absolute Gasteiger partial charge is 0.165 e. The van der Waals surface area contributed by atoms with Crippen molar-refractivity contribution in [2.24, 2.45) is 11.8 Å². The van der Waals surface area contributed by atoms with Crippen LogP contribution in [0, 0.1) is 23.5 Å². The molecule has 4 rings (SSSR count). The normalized spacial score (nSPS) is 25.0. The minimum absolute atomic E-state index is 0.276. The van der Waals surface area contributed by atoms with E-state index in [1.165, 1.54) is 30.3 Å². The summed E-state index contributed by atoms with van der Waals surface area (Å²) in [6.07, 6.45) is 1.08. The minimum Gasteiger partial charge on any atom is -0.505 e. The highest BCUT2D eigenvalue weighted by Gasteiger charge is 2.48. The van der Waals surface area contributed by atoms with Gasteiger partial charge in [0.15, 0.2) is 11.6 Å². The third-order valence-electron chi connectivity index (χ3n) is 6.17. The van der Waals surface area contributed by atoms with E-state index < -0.39 is 23.3 Å². The van der Waals surface area contributed by atoms with Gasteiger partial charge in [0.1, 0.15) is 5.82 Å². The van der Waals surface area contributed by atoms with Crippen molar-refractivity contribution in [1.82, 2.24) is 4.90 Å². The van der Waals surface area contributed by atoms with Gasteiger partial charge in [0, 0.05) is 26.1 Å². The zero-order valence-corrected chi connectivity index (χ0v) is 15.6. The van der Waals surface area contributed by atoms with Crippen molar-refractivity contribution in [1.29, 1.82) is 0 Å². The summed E-state index contributed by atoms with van der Waals surface area (Å²) in [4.78, 5) is 2.15. The number of likely N-dealkylation sites (tertiary alicyclic amines) is 1. The van der Waals surface area contributed by atoms with Gasteiger partial charge in [-0.2, -0.15) is 0 Å². The molecule has 2 fully saturated rings. The molecule has 0 amide bonds. The molecule has 6 heteroatoms. The second-order valence-electron chi connectivity index (χ2n) is 8.40. The zero-order chi connectivity index (χ0) is 19.9. The van der Waals surface area contributed by atoms with Gasteiger partial charge in [-0.3, -0.25) is 4.90 Å². The third kappa shape index (κ3) is 4.04. The first-order valence-corrected chi connectivity index (χ1v) is 9.67. The number of aliphatic hydroxyl groups excluding tert-OH is 1. The largest absolute Gasteiger partial charge is 0.505 e. The van der Waals surface area contributed by atoms with Crippen LogP contribution in [-0.4, -0.2) is 45.5 Å². The molecule has 4 nitrogen and oxygen atoms in total. The SMILES string of the molecule is Oc1ccc([C@@H](O)CN2C[C@@H]3CC(O)(Cc4ccc(F)cc4)C[C@H]3C2)cc1F. The molecule has 0 spiro atoms. The summed E-state index contributed by atoms with van der Waals surface area (Å²) in [5.41, 5.74) is 0.614. The lowest BCUT2D eigenvalue weighted by Crippen LogP contribution is -2.33. The van der Waals surface area contributed by atoms with E-state index >= 15 is 0 Å². The number of hydrogen-bond donors (Lipinski definition) is 3. The highest BCUT2D eigenvalue weighted by atomic mass is 19.1. The number of β-amino-alcohol motifs (C(OH)–C–C–N with tert-alkyl or cyclic N) is 1. The predicted molar refractivity (Wildman–Crippen MR) is 101 cm³/mol. The fourth-order valence-corrected chi connectivity index (χ4v) is 4.91. The quantitative estimate of drug-likeness (QED) is 0.736. The number of fused-ring (bicyclic) bond motifs is 1. The van der Waals surface area contributed by atoms with Crippen molar-refractivity contribution in [3.05, 3.63) is 65.2 Å². The first-order chi connectivity index (χ1) is 13.3. The summed E-state index contributed by atoms with van der Waals surface area (Å²) in [7, 11) is 0. The summed E-state index contributed by atoms with van der Waals surface area (Å²) in [6.45, 7) is 1.97. The Morgan fingerprint density at radius 1 is 1.04 bits per heavy atom. The lowest BCUT2D eigenvalue weighted by atomic mass is 9.91. The van der Waals surface area contributed by atoms with Crippen molar-refractivity contribution >= 4 is 0 Å². The van der Waals surface area contributed by atoms with Gasteiger partial charge in [-0.05, 0) is 60.1 Å². The molecule has 28 heavy (non-hydrogen) atoms. The van der Waals surface area contributed by atoms with Crippen molar-refractivity contribution in [2.45, 2.75) is 31.0 Å². The number of phenols is 1. The van der Waals surface area contributed by atoms with E-state index in [0.717, 1.165) is 18.7 Å². The molecule has 2 aromatic carbocycles. The van der Waals surface area contributed by atoms with Gasteiger partial charge in [-0.15, -0.1) is 0 Å². The average Bonchev–Trinajstić information content (AvgIpc) is 3.13. The minimum atomic E-state index is -0.827. The van der Waals surface area contributed by atoms with Crippen LogP contribution >= 0.6 is 0 Å². The molecule has 1 saturated carbocycles. The van der Waals surface area contributed by atoms with Crippen molar-refractivity contribution in [3.63, 3.8) is 0 Å². The lowest BCUT2D eigenvalue weighted by Gasteiger charge is -2.27. The van der Waals surface area contributed by atoms with Crippen LogP contribution in [0.5, 0.6) is 5.75 Å². The summed E-state index contributed by atoms with van der Waals surface area (Å²) in [5.74, 6) is -0.724. The fraction of sp³-hybridized carbons (Fsp3) is 0.455. The Hall–Kier alpha value is -2.02. The fourth-order valence-electron chi connectivity index (χ4n) is 4.91. The molecule has 1 aliphatic carbocycles. The summed E-state index contributed by atoms with van der Waals surface area (Å²) < 4.78 is 26.6. The molecule has 0 bridgehead atoms. The van der Waals surface area contributed by atoms with E-state index in [-0.39, 0.29) is 5.82 Å². The van der Waals surface area contributed by atoms with Gasteiger partial charge in [0.25, 0.3) is 0 Å². The first kappa shape index (κ1) is 19.3. The second kappa shape index (κ2) is 7.43. The maximum atomic E-state index is 13.5. The summed E-state index contributed by atoms with van der Waals surface area (Å²) in [5, 5.41) is 30.7. The molecule has 1 heterocycles. The number of nitrogens with zero attached hydrogens (tertiary/aromatic N) is 1. The van der Waals surface area contributed by atoms with Crippen LogP contribution in [0.4, 0.5) is 8.78 Å². The van der Waals surface area contributed by atoms with E-state index in [9.17, 15) is 24.1 Å². The monoisotopic (exact) mass is 389 g/mol. The molecule has 0 radical (unpaired) electrons. The zero-order valence-electron chi connectivity index (χ0n) is 15.6. The topological polar surface area (TPSA) is 63.9 Å².